The molecule has 0 fully saturated rings. The molecule has 2 atom stereocenters. The molecule has 0 heterocycles. The largest absolute Gasteiger partial charge is 0.359 e. The first-order valence-electron chi connectivity index (χ1n) is 5.37. The van der Waals surface area contributed by atoms with Crippen molar-refractivity contribution < 1.29 is 4.79 Å². The Bertz CT molecular complexity index is 145. The van der Waals surface area contributed by atoms with Gasteiger partial charge in [0.15, 0.2) is 0 Å². The van der Waals surface area contributed by atoms with E-state index in [1.807, 2.05) is 0 Å². The first-order chi connectivity index (χ1) is 6.15. The third kappa shape index (κ3) is 4.91. The minimum absolute atomic E-state index is 0.210. The van der Waals surface area contributed by atoms with E-state index in [9.17, 15) is 4.79 Å². The molecule has 1 N–H and O–H groups in total. The van der Waals surface area contributed by atoms with Crippen molar-refractivity contribution in [1.29, 1.82) is 0 Å². The number of hydrogen-bond donors (Lipinski definition) is 1. The zero-order valence-corrected chi connectivity index (χ0v) is 9.39. The van der Waals surface area contributed by atoms with Gasteiger partial charge in [-0.05, 0) is 18.8 Å². The lowest BCUT2D eigenvalue weighted by Gasteiger charge is -2.17. The van der Waals surface area contributed by atoms with Gasteiger partial charge in [-0.1, -0.05) is 33.6 Å². The molecule has 0 saturated carbocycles. The molecule has 0 aliphatic heterocycles. The van der Waals surface area contributed by atoms with E-state index in [2.05, 4.69) is 26.1 Å². The van der Waals surface area contributed by atoms with Crippen LogP contribution in [0.2, 0.25) is 0 Å². The van der Waals surface area contributed by atoms with Gasteiger partial charge in [0.1, 0.15) is 0 Å². The van der Waals surface area contributed by atoms with Gasteiger partial charge in [-0.25, -0.2) is 0 Å². The first kappa shape index (κ1) is 12.5. The topological polar surface area (TPSA) is 29.1 Å². The summed E-state index contributed by atoms with van der Waals surface area (Å²) < 4.78 is 0. The van der Waals surface area contributed by atoms with Crippen LogP contribution in [-0.4, -0.2) is 13.0 Å². The first-order valence-corrected chi connectivity index (χ1v) is 5.37. The summed E-state index contributed by atoms with van der Waals surface area (Å²) in [6, 6.07) is 0. The normalized spacial score (nSPS) is 15.1. The Morgan fingerprint density at radius 2 is 2.00 bits per heavy atom. The zero-order chi connectivity index (χ0) is 10.3. The van der Waals surface area contributed by atoms with Crippen LogP contribution < -0.4 is 5.32 Å². The van der Waals surface area contributed by atoms with Crippen LogP contribution in [0.5, 0.6) is 0 Å². The number of amides is 1. The van der Waals surface area contributed by atoms with Crippen molar-refractivity contribution in [2.24, 2.45) is 11.8 Å². The average molecular weight is 185 g/mol. The van der Waals surface area contributed by atoms with Crippen molar-refractivity contribution >= 4 is 5.91 Å². The number of carbonyl (C=O) groups is 1. The van der Waals surface area contributed by atoms with E-state index >= 15 is 0 Å². The molecule has 2 nitrogen and oxygen atoms in total. The molecule has 13 heavy (non-hydrogen) atoms. The monoisotopic (exact) mass is 185 g/mol. The molecule has 0 bridgehead atoms. The Kier molecular flexibility index (Phi) is 6.65. The lowest BCUT2D eigenvalue weighted by molar-refractivity contribution is -0.125. The smallest absolute Gasteiger partial charge is 0.222 e. The van der Waals surface area contributed by atoms with Gasteiger partial charge >= 0.3 is 0 Å². The van der Waals surface area contributed by atoms with Gasteiger partial charge in [0.05, 0.1) is 0 Å². The van der Waals surface area contributed by atoms with Crippen LogP contribution in [0.1, 0.15) is 46.5 Å². The Hall–Kier alpha value is -0.530. The average Bonchev–Trinajstić information content (AvgIpc) is 2.15. The van der Waals surface area contributed by atoms with Crippen LogP contribution in [0, 0.1) is 11.8 Å². The summed E-state index contributed by atoms with van der Waals surface area (Å²) in [6.07, 6.45) is 4.31. The van der Waals surface area contributed by atoms with Gasteiger partial charge < -0.3 is 5.32 Å². The Labute approximate surface area is 82.1 Å². The van der Waals surface area contributed by atoms with Crippen molar-refractivity contribution in [2.75, 3.05) is 7.05 Å². The van der Waals surface area contributed by atoms with E-state index in [4.69, 9.17) is 0 Å². The third-order valence-electron chi connectivity index (χ3n) is 2.64. The fraction of sp³-hybridized carbons (Fsp3) is 0.909. The molecule has 0 aliphatic rings. The van der Waals surface area contributed by atoms with Crippen LogP contribution in [0.25, 0.3) is 0 Å². The number of rotatable bonds is 6. The Morgan fingerprint density at radius 3 is 2.38 bits per heavy atom. The molecule has 1 unspecified atom stereocenters. The summed E-state index contributed by atoms with van der Waals surface area (Å²) in [5.74, 6) is 1.10. The van der Waals surface area contributed by atoms with Crippen molar-refractivity contribution in [3.8, 4) is 0 Å². The van der Waals surface area contributed by atoms with Gasteiger partial charge in [0.2, 0.25) is 5.91 Å². The van der Waals surface area contributed by atoms with Gasteiger partial charge in [0, 0.05) is 13.0 Å². The van der Waals surface area contributed by atoms with E-state index in [1.165, 1.54) is 0 Å². The quantitative estimate of drug-likeness (QED) is 0.677. The van der Waals surface area contributed by atoms with E-state index in [-0.39, 0.29) is 11.8 Å². The van der Waals surface area contributed by atoms with Gasteiger partial charge in [-0.2, -0.15) is 0 Å². The number of carbonyl (C=O) groups excluding carboxylic acids is 1. The SMILES string of the molecule is CCCC(C[C@H](C)CC)C(=O)NC. The van der Waals surface area contributed by atoms with Crippen LogP contribution in [-0.2, 0) is 4.79 Å². The summed E-state index contributed by atoms with van der Waals surface area (Å²) in [5, 5.41) is 2.74. The van der Waals surface area contributed by atoms with Gasteiger partial charge in [-0.3, -0.25) is 4.79 Å². The van der Waals surface area contributed by atoms with Crippen molar-refractivity contribution in [3.63, 3.8) is 0 Å². The molecular weight excluding hydrogens is 162 g/mol. The van der Waals surface area contributed by atoms with Crippen molar-refractivity contribution in [3.05, 3.63) is 0 Å². The summed E-state index contributed by atoms with van der Waals surface area (Å²) in [5.41, 5.74) is 0. The molecule has 0 spiro atoms. The fourth-order valence-electron chi connectivity index (χ4n) is 1.56. The van der Waals surface area contributed by atoms with Gasteiger partial charge in [-0.15, -0.1) is 0 Å². The number of hydrogen-bond acceptors (Lipinski definition) is 1. The highest BCUT2D eigenvalue weighted by Gasteiger charge is 2.17. The van der Waals surface area contributed by atoms with E-state index in [0.717, 1.165) is 25.7 Å². The molecule has 0 rings (SSSR count). The van der Waals surface area contributed by atoms with Crippen molar-refractivity contribution in [2.45, 2.75) is 46.5 Å². The molecule has 0 saturated heterocycles. The third-order valence-corrected chi connectivity index (χ3v) is 2.64. The van der Waals surface area contributed by atoms with Crippen LogP contribution in [0.3, 0.4) is 0 Å². The highest BCUT2D eigenvalue weighted by atomic mass is 16.1. The second-order valence-corrected chi connectivity index (χ2v) is 3.85. The summed E-state index contributed by atoms with van der Waals surface area (Å²) in [6.45, 7) is 6.52. The minimum Gasteiger partial charge on any atom is -0.359 e. The summed E-state index contributed by atoms with van der Waals surface area (Å²) >= 11 is 0. The maximum atomic E-state index is 11.4. The molecule has 0 aliphatic carbocycles. The Balaban J connectivity index is 4.00. The van der Waals surface area contributed by atoms with Gasteiger partial charge in [0.25, 0.3) is 0 Å². The van der Waals surface area contributed by atoms with Crippen LogP contribution >= 0.6 is 0 Å². The molecule has 0 aromatic rings. The molecular formula is C11H23NO. The summed E-state index contributed by atoms with van der Waals surface area (Å²) in [4.78, 5) is 11.4. The highest BCUT2D eigenvalue weighted by molar-refractivity contribution is 5.78. The number of nitrogens with one attached hydrogen (secondary N) is 1. The van der Waals surface area contributed by atoms with Crippen LogP contribution in [0.15, 0.2) is 0 Å². The molecule has 2 heteroatoms. The lowest BCUT2D eigenvalue weighted by atomic mass is 9.90. The van der Waals surface area contributed by atoms with Crippen molar-refractivity contribution in [1.82, 2.24) is 5.32 Å². The van der Waals surface area contributed by atoms with E-state index < -0.39 is 0 Å². The van der Waals surface area contributed by atoms with E-state index in [1.54, 1.807) is 7.05 Å². The summed E-state index contributed by atoms with van der Waals surface area (Å²) in [7, 11) is 1.72. The highest BCUT2D eigenvalue weighted by Crippen LogP contribution is 2.19. The van der Waals surface area contributed by atoms with Crippen LogP contribution in [0.4, 0.5) is 0 Å². The second kappa shape index (κ2) is 6.93. The second-order valence-electron chi connectivity index (χ2n) is 3.85. The van der Waals surface area contributed by atoms with E-state index in [0.29, 0.717) is 5.92 Å². The predicted molar refractivity (Wildman–Crippen MR) is 56.5 cm³/mol. The standard InChI is InChI=1S/C11H23NO/c1-5-7-10(11(13)12-4)8-9(3)6-2/h9-10H,5-8H2,1-4H3,(H,12,13)/t9-,10?/m1/s1. The molecule has 0 radical (unpaired) electrons. The molecule has 0 aromatic carbocycles. The zero-order valence-electron chi connectivity index (χ0n) is 9.39. The molecule has 0 aromatic heterocycles. The lowest BCUT2D eigenvalue weighted by Crippen LogP contribution is -2.28. The minimum atomic E-state index is 0.210. The predicted octanol–water partition coefficient (Wildman–Crippen LogP) is 2.58. The molecule has 1 amide bonds. The molecule has 78 valence electrons. The Morgan fingerprint density at radius 1 is 1.38 bits per heavy atom. The fourth-order valence-corrected chi connectivity index (χ4v) is 1.56. The maximum absolute atomic E-state index is 11.4. The maximum Gasteiger partial charge on any atom is 0.222 e.